The smallest absolute Gasteiger partial charge is 0.258 e. The number of methoxy groups -OCH3 is 1. The summed E-state index contributed by atoms with van der Waals surface area (Å²) in [4.78, 5) is 11.6. The molecule has 0 spiro atoms. The van der Waals surface area contributed by atoms with Crippen molar-refractivity contribution in [3.8, 4) is 11.5 Å². The quantitative estimate of drug-likeness (QED) is 0.773. The van der Waals surface area contributed by atoms with Crippen molar-refractivity contribution in [1.29, 1.82) is 0 Å². The van der Waals surface area contributed by atoms with Crippen molar-refractivity contribution in [2.24, 2.45) is 0 Å². The monoisotopic (exact) mass is 264 g/mol. The maximum Gasteiger partial charge on any atom is 0.258 e. The lowest BCUT2D eigenvalue weighted by Crippen LogP contribution is -2.30. The predicted molar refractivity (Wildman–Crippen MR) is 72.4 cm³/mol. The first kappa shape index (κ1) is 13.7. The molecule has 0 unspecified atom stereocenters. The number of carbonyl (C=O) groups is 1. The van der Waals surface area contributed by atoms with Crippen LogP contribution in [-0.4, -0.2) is 32.7 Å². The number of ether oxygens (including phenoxy) is 2. The fourth-order valence-electron chi connectivity index (χ4n) is 1.79. The van der Waals surface area contributed by atoms with Gasteiger partial charge in [0.1, 0.15) is 11.5 Å². The summed E-state index contributed by atoms with van der Waals surface area (Å²) >= 11 is 0. The average molecular weight is 264 g/mol. The molecule has 0 heterocycles. The zero-order valence-corrected chi connectivity index (χ0v) is 11.4. The lowest BCUT2D eigenvalue weighted by Gasteiger charge is -2.12. The first-order valence-corrected chi connectivity index (χ1v) is 6.46. The average Bonchev–Trinajstić information content (AvgIpc) is 3.21. The van der Waals surface area contributed by atoms with E-state index in [1.165, 1.54) is 0 Å². The van der Waals surface area contributed by atoms with Crippen LogP contribution >= 0.6 is 0 Å². The van der Waals surface area contributed by atoms with Crippen LogP contribution in [0.25, 0.3) is 0 Å². The molecule has 5 nitrogen and oxygen atoms in total. The summed E-state index contributed by atoms with van der Waals surface area (Å²) in [5, 5.41) is 5.96. The van der Waals surface area contributed by atoms with E-state index in [0.29, 0.717) is 18.3 Å². The van der Waals surface area contributed by atoms with E-state index in [1.54, 1.807) is 7.11 Å². The van der Waals surface area contributed by atoms with E-state index in [0.717, 1.165) is 24.2 Å². The van der Waals surface area contributed by atoms with Gasteiger partial charge in [0.25, 0.3) is 5.91 Å². The zero-order valence-electron chi connectivity index (χ0n) is 11.4. The molecule has 0 saturated heterocycles. The summed E-state index contributed by atoms with van der Waals surface area (Å²) in [6, 6.07) is 5.93. The fourth-order valence-corrected chi connectivity index (χ4v) is 1.79. The summed E-state index contributed by atoms with van der Waals surface area (Å²) < 4.78 is 10.8. The van der Waals surface area contributed by atoms with E-state index in [1.807, 2.05) is 25.2 Å². The Hall–Kier alpha value is -1.75. The number of amides is 1. The topological polar surface area (TPSA) is 59.6 Å². The maximum absolute atomic E-state index is 11.6. The van der Waals surface area contributed by atoms with Crippen molar-refractivity contribution in [1.82, 2.24) is 10.6 Å². The van der Waals surface area contributed by atoms with Crippen LogP contribution in [0.4, 0.5) is 0 Å². The van der Waals surface area contributed by atoms with Crippen molar-refractivity contribution in [3.63, 3.8) is 0 Å². The Labute approximate surface area is 113 Å². The molecule has 1 aromatic rings. The first-order chi connectivity index (χ1) is 9.22. The Bertz CT molecular complexity index is 444. The minimum absolute atomic E-state index is 0.0551. The van der Waals surface area contributed by atoms with E-state index < -0.39 is 0 Å². The highest BCUT2D eigenvalue weighted by Gasteiger charge is 2.23. The van der Waals surface area contributed by atoms with Gasteiger partial charge in [-0.25, -0.2) is 0 Å². The molecule has 0 radical (unpaired) electrons. The van der Waals surface area contributed by atoms with E-state index in [9.17, 15) is 4.79 Å². The van der Waals surface area contributed by atoms with E-state index in [2.05, 4.69) is 10.6 Å². The summed E-state index contributed by atoms with van der Waals surface area (Å²) in [6.45, 7) is 0.719. The number of hydrogen-bond acceptors (Lipinski definition) is 4. The molecule has 0 aromatic heterocycles. The summed E-state index contributed by atoms with van der Waals surface area (Å²) in [7, 11) is 3.49. The Kier molecular flexibility index (Phi) is 4.63. The van der Waals surface area contributed by atoms with Crippen molar-refractivity contribution in [3.05, 3.63) is 23.8 Å². The van der Waals surface area contributed by atoms with Crippen LogP contribution in [0.1, 0.15) is 18.4 Å². The molecule has 5 heteroatoms. The third kappa shape index (κ3) is 4.13. The van der Waals surface area contributed by atoms with Crippen molar-refractivity contribution >= 4 is 5.91 Å². The van der Waals surface area contributed by atoms with Gasteiger partial charge in [0.15, 0.2) is 6.61 Å². The van der Waals surface area contributed by atoms with Crippen molar-refractivity contribution in [2.45, 2.75) is 25.4 Å². The molecule has 1 fully saturated rings. The third-order valence-corrected chi connectivity index (χ3v) is 2.94. The number of nitrogens with one attached hydrogen (secondary N) is 2. The highest BCUT2D eigenvalue weighted by atomic mass is 16.5. The van der Waals surface area contributed by atoms with Gasteiger partial charge in [-0.1, -0.05) is 0 Å². The minimum Gasteiger partial charge on any atom is -0.497 e. The highest BCUT2D eigenvalue weighted by Crippen LogP contribution is 2.24. The summed E-state index contributed by atoms with van der Waals surface area (Å²) in [5.74, 6) is 1.43. The molecule has 0 aliphatic heterocycles. The second-order valence-electron chi connectivity index (χ2n) is 4.63. The molecule has 2 N–H and O–H groups in total. The van der Waals surface area contributed by atoms with E-state index in [-0.39, 0.29) is 12.5 Å². The maximum atomic E-state index is 11.6. The van der Waals surface area contributed by atoms with Crippen LogP contribution in [0.2, 0.25) is 0 Å². The van der Waals surface area contributed by atoms with Gasteiger partial charge in [-0.15, -0.1) is 0 Å². The molecule has 1 aliphatic carbocycles. The third-order valence-electron chi connectivity index (χ3n) is 2.94. The van der Waals surface area contributed by atoms with Crippen molar-refractivity contribution < 1.29 is 14.3 Å². The van der Waals surface area contributed by atoms with Crippen molar-refractivity contribution in [2.75, 3.05) is 20.8 Å². The largest absolute Gasteiger partial charge is 0.497 e. The molecule has 104 valence electrons. The molecule has 1 aliphatic rings. The van der Waals surface area contributed by atoms with Gasteiger partial charge in [-0.3, -0.25) is 4.79 Å². The minimum atomic E-state index is -0.0614. The summed E-state index contributed by atoms with van der Waals surface area (Å²) in [6.07, 6.45) is 2.17. The van der Waals surface area contributed by atoms with Crippen LogP contribution in [0.3, 0.4) is 0 Å². The second-order valence-corrected chi connectivity index (χ2v) is 4.63. The number of rotatable bonds is 7. The normalized spacial score (nSPS) is 14.0. The molecular formula is C14H20N2O3. The zero-order chi connectivity index (χ0) is 13.7. The van der Waals surface area contributed by atoms with E-state index >= 15 is 0 Å². The van der Waals surface area contributed by atoms with Crippen LogP contribution in [0, 0.1) is 0 Å². The standard InChI is InChI=1S/C14H20N2O3/c1-15-8-10-7-12(18-2)5-6-13(10)19-9-14(17)16-11-3-4-11/h5-7,11,15H,3-4,8-9H2,1-2H3,(H,16,17). The molecule has 19 heavy (non-hydrogen) atoms. The molecule has 1 aromatic carbocycles. The SMILES string of the molecule is CNCc1cc(OC)ccc1OCC(=O)NC1CC1. The molecule has 1 saturated carbocycles. The molecule has 0 bridgehead atoms. The fraction of sp³-hybridized carbons (Fsp3) is 0.500. The highest BCUT2D eigenvalue weighted by molar-refractivity contribution is 5.78. The second kappa shape index (κ2) is 6.43. The van der Waals surface area contributed by atoms with Gasteiger partial charge in [-0.2, -0.15) is 0 Å². The Morgan fingerprint density at radius 2 is 2.21 bits per heavy atom. The Morgan fingerprint density at radius 3 is 2.84 bits per heavy atom. The lowest BCUT2D eigenvalue weighted by atomic mass is 10.2. The van der Waals surface area contributed by atoms with Gasteiger partial charge in [0, 0.05) is 18.2 Å². The summed E-state index contributed by atoms with van der Waals surface area (Å²) in [5.41, 5.74) is 0.973. The Balaban J connectivity index is 1.95. The molecule has 1 amide bonds. The van der Waals surface area contributed by atoms with Gasteiger partial charge >= 0.3 is 0 Å². The van der Waals surface area contributed by atoms with Gasteiger partial charge < -0.3 is 20.1 Å². The van der Waals surface area contributed by atoms with Gasteiger partial charge in [0.2, 0.25) is 0 Å². The predicted octanol–water partition coefficient (Wildman–Crippen LogP) is 1.07. The molecular weight excluding hydrogens is 244 g/mol. The van der Waals surface area contributed by atoms with Gasteiger partial charge in [-0.05, 0) is 38.1 Å². The number of carbonyl (C=O) groups excluding carboxylic acids is 1. The van der Waals surface area contributed by atoms with Crippen LogP contribution in [0.15, 0.2) is 18.2 Å². The Morgan fingerprint density at radius 1 is 1.42 bits per heavy atom. The molecule has 2 rings (SSSR count). The number of hydrogen-bond donors (Lipinski definition) is 2. The lowest BCUT2D eigenvalue weighted by molar-refractivity contribution is -0.123. The first-order valence-electron chi connectivity index (χ1n) is 6.46. The molecule has 0 atom stereocenters. The van der Waals surface area contributed by atoms with Crippen LogP contribution < -0.4 is 20.1 Å². The van der Waals surface area contributed by atoms with Crippen LogP contribution in [-0.2, 0) is 11.3 Å². The van der Waals surface area contributed by atoms with Crippen LogP contribution in [0.5, 0.6) is 11.5 Å². The van der Waals surface area contributed by atoms with Gasteiger partial charge in [0.05, 0.1) is 7.11 Å². The van der Waals surface area contributed by atoms with E-state index in [4.69, 9.17) is 9.47 Å². The number of benzene rings is 1.